The second kappa shape index (κ2) is 10.8. The maximum absolute atomic E-state index is 16.0. The zero-order valence-electron chi connectivity index (χ0n) is 21.7. The fourth-order valence-electron chi connectivity index (χ4n) is 6.92. The van der Waals surface area contributed by atoms with Crippen LogP contribution >= 0.6 is 0 Å². The molecule has 0 spiro atoms. The molecule has 7 nitrogen and oxygen atoms in total. The Morgan fingerprint density at radius 3 is 2.43 bits per heavy atom. The number of aliphatic carboxylic acids is 1. The fourth-order valence-corrected chi connectivity index (χ4v) is 6.92. The van der Waals surface area contributed by atoms with E-state index in [1.807, 2.05) is 0 Å². The van der Waals surface area contributed by atoms with E-state index in [2.05, 4.69) is 9.80 Å². The fraction of sp³-hybridized carbons (Fsp3) is 0.714. The molecule has 1 amide bonds. The number of hydrogen-bond donors (Lipinski definition) is 1. The number of carboxylic acid groups (broad SMARTS) is 1. The van der Waals surface area contributed by atoms with E-state index in [-0.39, 0.29) is 36.7 Å². The van der Waals surface area contributed by atoms with Crippen molar-refractivity contribution in [2.24, 2.45) is 5.92 Å². The molecule has 0 bridgehead atoms. The molecule has 3 heterocycles. The summed E-state index contributed by atoms with van der Waals surface area (Å²) in [5.74, 6) is -1.89. The number of methoxy groups -OCH3 is 1. The molecule has 1 N–H and O–H groups in total. The molecule has 9 heteroatoms. The highest BCUT2D eigenvalue weighted by atomic mass is 19.1. The van der Waals surface area contributed by atoms with Crippen molar-refractivity contribution in [1.82, 2.24) is 9.80 Å². The molecule has 5 rings (SSSR count). The van der Waals surface area contributed by atoms with E-state index in [4.69, 9.17) is 4.74 Å². The van der Waals surface area contributed by atoms with Crippen LogP contribution in [-0.2, 0) is 14.3 Å². The second-order valence-corrected chi connectivity index (χ2v) is 11.4. The highest BCUT2D eigenvalue weighted by molar-refractivity contribution is 5.86. The minimum absolute atomic E-state index is 0.00201. The summed E-state index contributed by atoms with van der Waals surface area (Å²) >= 11 is 0. The normalized spacial score (nSPS) is 31.7. The van der Waals surface area contributed by atoms with Gasteiger partial charge in [-0.15, -0.1) is 0 Å². The molecular formula is C28H39F2N3O4. The summed E-state index contributed by atoms with van der Waals surface area (Å²) in [4.78, 5) is 30.6. The average Bonchev–Trinajstić information content (AvgIpc) is 3.56. The van der Waals surface area contributed by atoms with Gasteiger partial charge in [0.1, 0.15) is 5.82 Å². The minimum Gasteiger partial charge on any atom is -0.481 e. The van der Waals surface area contributed by atoms with Crippen molar-refractivity contribution < 1.29 is 28.2 Å². The number of carboxylic acids is 1. The van der Waals surface area contributed by atoms with Crippen molar-refractivity contribution in [1.29, 1.82) is 0 Å². The zero-order chi connectivity index (χ0) is 26.2. The van der Waals surface area contributed by atoms with Gasteiger partial charge in [0.15, 0.2) is 0 Å². The molecule has 4 fully saturated rings. The number of carbonyl (C=O) groups excluding carboxylic acids is 1. The quantitative estimate of drug-likeness (QED) is 0.616. The predicted molar refractivity (Wildman–Crippen MR) is 136 cm³/mol. The molecule has 1 saturated carbocycles. The van der Waals surface area contributed by atoms with Crippen molar-refractivity contribution >= 4 is 17.6 Å². The number of likely N-dealkylation sites (tertiary alicyclic amines) is 2. The highest BCUT2D eigenvalue weighted by Gasteiger charge is 2.50. The molecule has 3 aliphatic heterocycles. The molecule has 1 aromatic carbocycles. The summed E-state index contributed by atoms with van der Waals surface area (Å²) in [5.41, 5.74) is -0.115. The van der Waals surface area contributed by atoms with E-state index in [0.717, 1.165) is 36.9 Å². The van der Waals surface area contributed by atoms with Crippen LogP contribution in [0, 0.1) is 11.7 Å². The van der Waals surface area contributed by atoms with E-state index < -0.39 is 17.5 Å². The second-order valence-electron chi connectivity index (χ2n) is 11.4. The topological polar surface area (TPSA) is 73.3 Å². The lowest BCUT2D eigenvalue weighted by Crippen LogP contribution is -2.48. The Balaban J connectivity index is 1.22. The van der Waals surface area contributed by atoms with Gasteiger partial charge in [-0.05, 0) is 62.6 Å². The number of benzene rings is 1. The van der Waals surface area contributed by atoms with Gasteiger partial charge in [-0.25, -0.2) is 8.78 Å². The first-order valence-electron chi connectivity index (χ1n) is 13.8. The Labute approximate surface area is 217 Å². The number of amides is 1. The van der Waals surface area contributed by atoms with E-state index >= 15 is 4.39 Å². The third kappa shape index (κ3) is 5.48. The van der Waals surface area contributed by atoms with E-state index in [1.165, 1.54) is 12.1 Å². The van der Waals surface area contributed by atoms with Gasteiger partial charge in [0.05, 0.1) is 12.0 Å². The minimum atomic E-state index is -1.85. The number of nitrogens with zero attached hydrogens (tertiary/aromatic N) is 3. The molecule has 0 radical (unpaired) electrons. The summed E-state index contributed by atoms with van der Waals surface area (Å²) in [6, 6.07) is 5.06. The number of ether oxygens (including phenoxy) is 1. The first-order chi connectivity index (χ1) is 17.8. The maximum Gasteiger partial charge on any atom is 0.306 e. The van der Waals surface area contributed by atoms with Crippen molar-refractivity contribution in [2.75, 3.05) is 51.3 Å². The molecule has 4 aliphatic rings. The van der Waals surface area contributed by atoms with Crippen molar-refractivity contribution in [3.63, 3.8) is 0 Å². The Morgan fingerprint density at radius 1 is 1.03 bits per heavy atom. The summed E-state index contributed by atoms with van der Waals surface area (Å²) in [5, 5.41) is 9.31. The van der Waals surface area contributed by atoms with Crippen LogP contribution in [-0.4, -0.2) is 91.0 Å². The summed E-state index contributed by atoms with van der Waals surface area (Å²) in [6.45, 7) is 2.79. The summed E-state index contributed by atoms with van der Waals surface area (Å²) < 4.78 is 35.7. The van der Waals surface area contributed by atoms with Crippen molar-refractivity contribution in [3.8, 4) is 0 Å². The number of hydrogen-bond acceptors (Lipinski definition) is 5. The predicted octanol–water partition coefficient (Wildman–Crippen LogP) is 3.81. The van der Waals surface area contributed by atoms with Gasteiger partial charge in [-0.1, -0.05) is 6.07 Å². The number of piperidine rings is 1. The first-order valence-corrected chi connectivity index (χ1v) is 13.8. The Hall–Kier alpha value is -2.26. The van der Waals surface area contributed by atoms with Gasteiger partial charge >= 0.3 is 5.97 Å². The number of halogens is 2. The van der Waals surface area contributed by atoms with E-state index in [9.17, 15) is 19.1 Å². The van der Waals surface area contributed by atoms with Gasteiger partial charge in [0.2, 0.25) is 5.67 Å². The Morgan fingerprint density at radius 2 is 1.76 bits per heavy atom. The van der Waals surface area contributed by atoms with Gasteiger partial charge in [0, 0.05) is 70.4 Å². The van der Waals surface area contributed by atoms with Gasteiger partial charge < -0.3 is 19.6 Å². The maximum atomic E-state index is 16.0. The van der Waals surface area contributed by atoms with E-state index in [0.29, 0.717) is 58.0 Å². The van der Waals surface area contributed by atoms with Crippen LogP contribution in [0.25, 0.3) is 0 Å². The third-order valence-corrected chi connectivity index (χ3v) is 9.22. The zero-order valence-corrected chi connectivity index (χ0v) is 21.7. The van der Waals surface area contributed by atoms with Crippen LogP contribution in [0.2, 0.25) is 0 Å². The molecule has 0 aromatic heterocycles. The van der Waals surface area contributed by atoms with Crippen LogP contribution in [0.5, 0.6) is 0 Å². The number of anilines is 1. The lowest BCUT2D eigenvalue weighted by molar-refractivity contribution is -0.143. The molecule has 2 atom stereocenters. The van der Waals surface area contributed by atoms with Crippen LogP contribution in [0.3, 0.4) is 0 Å². The Bertz CT molecular complexity index is 994. The average molecular weight is 520 g/mol. The molecular weight excluding hydrogens is 480 g/mol. The van der Waals surface area contributed by atoms with Crippen LogP contribution < -0.4 is 4.90 Å². The van der Waals surface area contributed by atoms with Gasteiger partial charge in [0.25, 0.3) is 5.91 Å². The number of alkyl halides is 1. The highest BCUT2D eigenvalue weighted by Crippen LogP contribution is 2.39. The van der Waals surface area contributed by atoms with Gasteiger partial charge in [-0.3, -0.25) is 14.5 Å². The number of carbonyl (C=O) groups is 2. The summed E-state index contributed by atoms with van der Waals surface area (Å²) in [7, 11) is 1.74. The smallest absolute Gasteiger partial charge is 0.306 e. The molecule has 0 unspecified atom stereocenters. The molecule has 1 aliphatic carbocycles. The van der Waals surface area contributed by atoms with Crippen molar-refractivity contribution in [3.05, 3.63) is 29.6 Å². The SMILES string of the molecule is CO[C@H]1CC[C@H](N2CC[C@](F)(C(=O)N3CC[C@@H](c4ccc(F)cc4N4CCC(C(=O)O)CC4)C3)C2)CC1. The summed E-state index contributed by atoms with van der Waals surface area (Å²) in [6.07, 6.45) is 6.19. The van der Waals surface area contributed by atoms with Gasteiger partial charge in [-0.2, -0.15) is 0 Å². The molecule has 204 valence electrons. The molecule has 3 saturated heterocycles. The largest absolute Gasteiger partial charge is 0.481 e. The van der Waals surface area contributed by atoms with Crippen LogP contribution in [0.1, 0.15) is 62.8 Å². The third-order valence-electron chi connectivity index (χ3n) is 9.22. The van der Waals surface area contributed by atoms with Crippen LogP contribution in [0.4, 0.5) is 14.5 Å². The Kier molecular flexibility index (Phi) is 7.73. The molecule has 1 aromatic rings. The molecule has 37 heavy (non-hydrogen) atoms. The lowest BCUT2D eigenvalue weighted by atomic mass is 9.92. The lowest BCUT2D eigenvalue weighted by Gasteiger charge is -2.35. The standard InChI is InChI=1S/C28H39F2N3O4/c1-37-23-5-3-22(4-6-23)33-15-11-28(30,18-33)27(36)32-14-10-20(17-32)24-7-2-21(29)16-25(24)31-12-8-19(9-13-31)26(34)35/h2,7,16,19-20,22-23H,3-6,8-15,17-18H2,1H3,(H,34,35)/t20-,22-,23-,28-/m1/s1. The van der Waals surface area contributed by atoms with Crippen molar-refractivity contribution in [2.45, 2.75) is 75.1 Å². The first kappa shape index (κ1) is 26.4. The van der Waals surface area contributed by atoms with E-state index in [1.54, 1.807) is 18.1 Å². The monoisotopic (exact) mass is 519 g/mol. The van der Waals surface area contributed by atoms with Crippen LogP contribution in [0.15, 0.2) is 18.2 Å². The number of rotatable bonds is 6.